The molecule has 1 aromatic heterocycles. The lowest BCUT2D eigenvalue weighted by Crippen LogP contribution is -2.45. The van der Waals surface area contributed by atoms with Crippen molar-refractivity contribution in [3.8, 4) is 22.8 Å². The second-order valence-electron chi connectivity index (χ2n) is 11.1. The second kappa shape index (κ2) is 11.9. The number of ether oxygens (including phenoxy) is 2. The molecule has 1 aliphatic rings. The molecule has 0 aliphatic heterocycles. The predicted molar refractivity (Wildman–Crippen MR) is 145 cm³/mol. The van der Waals surface area contributed by atoms with E-state index in [1.165, 1.54) is 11.3 Å². The summed E-state index contributed by atoms with van der Waals surface area (Å²) in [6.07, 6.45) is 0.298. The maximum atomic E-state index is 13.8. The van der Waals surface area contributed by atoms with E-state index in [9.17, 15) is 23.5 Å². The lowest BCUT2D eigenvalue weighted by molar-refractivity contribution is -0.870. The number of carbonyl (C=O) groups is 2. The number of carbonyl (C=O) groups excluding carboxylic acids is 2. The van der Waals surface area contributed by atoms with Gasteiger partial charge in [-0.25, -0.2) is 13.8 Å². The summed E-state index contributed by atoms with van der Waals surface area (Å²) in [7, 11) is 7.97. The van der Waals surface area contributed by atoms with Crippen LogP contribution in [0.2, 0.25) is 0 Å². The molecular weight excluding hydrogens is 540 g/mol. The Hall–Kier alpha value is -3.57. The molecule has 3 aromatic rings. The minimum Gasteiger partial charge on any atom is -0.550 e. The van der Waals surface area contributed by atoms with Gasteiger partial charge in [0.1, 0.15) is 16.5 Å². The van der Waals surface area contributed by atoms with Gasteiger partial charge in [-0.1, -0.05) is 0 Å². The molecule has 0 fully saturated rings. The maximum Gasteiger partial charge on any atom is 0.227 e. The van der Waals surface area contributed by atoms with Gasteiger partial charge in [-0.15, -0.1) is 11.3 Å². The number of hydrogen-bond acceptors (Lipinski definition) is 7. The van der Waals surface area contributed by atoms with Gasteiger partial charge in [0.05, 0.1) is 59.1 Å². The number of aliphatic carboxylic acids is 1. The smallest absolute Gasteiger partial charge is 0.227 e. The number of nitrogens with one attached hydrogen (secondary N) is 1. The van der Waals surface area contributed by atoms with Crippen molar-refractivity contribution < 1.29 is 37.4 Å². The monoisotopic (exact) mass is 573 g/mol. The average Bonchev–Trinajstić information content (AvgIpc) is 3.49. The van der Waals surface area contributed by atoms with Crippen LogP contribution in [0.1, 0.15) is 29.0 Å². The van der Waals surface area contributed by atoms with E-state index in [0.29, 0.717) is 39.9 Å². The molecule has 2 aromatic carbocycles. The third-order valence-electron chi connectivity index (χ3n) is 6.91. The quantitative estimate of drug-likeness (QED) is 0.264. The number of quaternary nitrogens is 1. The summed E-state index contributed by atoms with van der Waals surface area (Å²) in [5.74, 6) is -2.72. The molecule has 11 heteroatoms. The summed E-state index contributed by atoms with van der Waals surface area (Å²) in [5, 5.41) is 16.7. The zero-order valence-corrected chi connectivity index (χ0v) is 23.8. The Bertz CT molecular complexity index is 1370. The van der Waals surface area contributed by atoms with Crippen molar-refractivity contribution in [3.05, 3.63) is 63.5 Å². The summed E-state index contributed by atoms with van der Waals surface area (Å²) >= 11 is 1.33. The van der Waals surface area contributed by atoms with Crippen molar-refractivity contribution in [2.75, 3.05) is 41.4 Å². The van der Waals surface area contributed by atoms with Gasteiger partial charge in [0.2, 0.25) is 5.91 Å². The molecule has 40 heavy (non-hydrogen) atoms. The van der Waals surface area contributed by atoms with Crippen LogP contribution >= 0.6 is 11.3 Å². The predicted octanol–water partition coefficient (Wildman–Crippen LogP) is 3.11. The summed E-state index contributed by atoms with van der Waals surface area (Å²) in [6, 6.07) is 7.59. The number of methoxy groups -OCH3 is 1. The number of carboxylic acid groups (broad SMARTS) is 1. The van der Waals surface area contributed by atoms with E-state index in [1.54, 1.807) is 7.11 Å². The van der Waals surface area contributed by atoms with Gasteiger partial charge < -0.3 is 29.2 Å². The third kappa shape index (κ3) is 6.95. The van der Waals surface area contributed by atoms with Crippen molar-refractivity contribution in [2.45, 2.75) is 32.2 Å². The van der Waals surface area contributed by atoms with E-state index >= 15 is 0 Å². The number of benzene rings is 2. The molecule has 0 bridgehead atoms. The molecule has 214 valence electrons. The largest absolute Gasteiger partial charge is 0.550 e. The van der Waals surface area contributed by atoms with E-state index in [2.05, 4.69) is 31.4 Å². The van der Waals surface area contributed by atoms with E-state index in [0.717, 1.165) is 35.1 Å². The van der Waals surface area contributed by atoms with Crippen LogP contribution < -0.4 is 19.9 Å². The van der Waals surface area contributed by atoms with Crippen molar-refractivity contribution in [3.63, 3.8) is 0 Å². The van der Waals surface area contributed by atoms with E-state index < -0.39 is 35.3 Å². The molecule has 0 spiro atoms. The van der Waals surface area contributed by atoms with Crippen LogP contribution in [0, 0.1) is 17.0 Å². The standard InChI is InChI=1S/C29H33F2N3O5S/c1-34(2,3)8-5-9-39-20-6-7-21(25(12-20)38-4)24-17-40-26(33-24)16-32-28(37)29(15-27(35)36)13-18-10-22(30)23(31)11-19(18)14-29/h6-7,10-12,17H,5,8-9,13-16H2,1-4H3,(H-,32,35,36,37). The minimum absolute atomic E-state index is 0.0244. The molecule has 4 rings (SSSR count). The molecule has 0 atom stereocenters. The van der Waals surface area contributed by atoms with Crippen LogP contribution in [0.4, 0.5) is 8.78 Å². The molecule has 0 saturated carbocycles. The Balaban J connectivity index is 1.42. The highest BCUT2D eigenvalue weighted by atomic mass is 32.1. The number of rotatable bonds is 12. The van der Waals surface area contributed by atoms with Gasteiger partial charge in [-0.3, -0.25) is 4.79 Å². The van der Waals surface area contributed by atoms with Crippen LogP contribution in [0.25, 0.3) is 11.3 Å². The Kier molecular flexibility index (Phi) is 8.74. The molecule has 1 aliphatic carbocycles. The molecule has 8 nitrogen and oxygen atoms in total. The highest BCUT2D eigenvalue weighted by Gasteiger charge is 2.44. The first-order chi connectivity index (χ1) is 18.9. The van der Waals surface area contributed by atoms with Crippen molar-refractivity contribution in [2.24, 2.45) is 5.41 Å². The highest BCUT2D eigenvalue weighted by molar-refractivity contribution is 7.09. The first-order valence-corrected chi connectivity index (χ1v) is 13.8. The number of fused-ring (bicyclic) bond motifs is 1. The maximum absolute atomic E-state index is 13.8. The van der Waals surface area contributed by atoms with Gasteiger partial charge in [0, 0.05) is 35.8 Å². The van der Waals surface area contributed by atoms with Crippen molar-refractivity contribution >= 4 is 23.2 Å². The van der Waals surface area contributed by atoms with Gasteiger partial charge in [0.15, 0.2) is 11.6 Å². The first kappa shape index (κ1) is 29.4. The van der Waals surface area contributed by atoms with Crippen LogP contribution in [0.3, 0.4) is 0 Å². The Morgan fingerprint density at radius 3 is 2.40 bits per heavy atom. The summed E-state index contributed by atoms with van der Waals surface area (Å²) in [5.41, 5.74) is 0.858. The van der Waals surface area contributed by atoms with Crippen LogP contribution in [0.15, 0.2) is 35.7 Å². The van der Waals surface area contributed by atoms with Crippen LogP contribution in [-0.4, -0.2) is 62.7 Å². The lowest BCUT2D eigenvalue weighted by atomic mass is 9.80. The molecule has 1 heterocycles. The number of aromatic nitrogens is 1. The lowest BCUT2D eigenvalue weighted by Gasteiger charge is -2.28. The second-order valence-corrected chi connectivity index (χ2v) is 12.0. The van der Waals surface area contributed by atoms with E-state index in [-0.39, 0.29) is 19.4 Å². The minimum atomic E-state index is -1.41. The Labute approximate surface area is 236 Å². The summed E-state index contributed by atoms with van der Waals surface area (Å²) in [4.78, 5) is 29.4. The Morgan fingerprint density at radius 2 is 1.80 bits per heavy atom. The van der Waals surface area contributed by atoms with Gasteiger partial charge in [-0.05, 0) is 48.2 Å². The van der Waals surface area contributed by atoms with E-state index in [4.69, 9.17) is 9.47 Å². The fourth-order valence-corrected chi connectivity index (χ4v) is 5.69. The molecule has 1 N–H and O–H groups in total. The molecule has 1 amide bonds. The van der Waals surface area contributed by atoms with Gasteiger partial charge in [0.25, 0.3) is 0 Å². The number of nitrogens with zero attached hydrogens (tertiary/aromatic N) is 2. The first-order valence-electron chi connectivity index (χ1n) is 12.9. The summed E-state index contributed by atoms with van der Waals surface area (Å²) < 4.78 is 39.8. The van der Waals surface area contributed by atoms with Gasteiger partial charge >= 0.3 is 0 Å². The molecular formula is C29H33F2N3O5S. The topological polar surface area (TPSA) is 101 Å². The van der Waals surface area contributed by atoms with Gasteiger partial charge in [-0.2, -0.15) is 0 Å². The van der Waals surface area contributed by atoms with Crippen molar-refractivity contribution in [1.82, 2.24) is 10.3 Å². The SMILES string of the molecule is COc1cc(OCCC[N+](C)(C)C)ccc1-c1csc(CNC(=O)C2(CC(=O)[O-])Cc3cc(F)c(F)cc3C2)n1. The fraction of sp³-hybridized carbons (Fsp3) is 0.414. The van der Waals surface area contributed by atoms with Crippen LogP contribution in [0.5, 0.6) is 11.5 Å². The summed E-state index contributed by atoms with van der Waals surface area (Å²) in [6.45, 7) is 1.64. The third-order valence-corrected chi connectivity index (χ3v) is 7.76. The number of halogens is 2. The van der Waals surface area contributed by atoms with Crippen molar-refractivity contribution in [1.29, 1.82) is 0 Å². The fourth-order valence-electron chi connectivity index (χ4n) is 4.95. The zero-order valence-electron chi connectivity index (χ0n) is 23.0. The zero-order chi connectivity index (χ0) is 29.1. The number of carboxylic acids is 1. The van der Waals surface area contributed by atoms with Crippen LogP contribution in [-0.2, 0) is 29.0 Å². The molecule has 0 saturated heterocycles. The average molecular weight is 574 g/mol. The number of amides is 1. The number of hydrogen-bond donors (Lipinski definition) is 1. The Morgan fingerprint density at radius 1 is 1.12 bits per heavy atom. The van der Waals surface area contributed by atoms with E-state index in [1.807, 2.05) is 23.6 Å². The number of thiazole rings is 1. The molecule has 0 radical (unpaired) electrons. The normalized spacial score (nSPS) is 14.1. The molecule has 0 unspecified atom stereocenters. The highest BCUT2D eigenvalue weighted by Crippen LogP contribution is 2.41.